The van der Waals surface area contributed by atoms with Gasteiger partial charge in [0.25, 0.3) is 0 Å². The zero-order chi connectivity index (χ0) is 11.4. The van der Waals surface area contributed by atoms with Crippen LogP contribution in [0.4, 0.5) is 0 Å². The first-order valence-corrected chi connectivity index (χ1v) is 5.84. The minimum Gasteiger partial charge on any atom is -0.472 e. The van der Waals surface area contributed by atoms with E-state index < -0.39 is 0 Å². The van der Waals surface area contributed by atoms with Crippen molar-refractivity contribution in [3.63, 3.8) is 0 Å². The molecule has 2 aromatic rings. The third-order valence-electron chi connectivity index (χ3n) is 2.16. The Morgan fingerprint density at radius 3 is 2.69 bits per heavy atom. The van der Waals surface area contributed by atoms with Gasteiger partial charge in [0.2, 0.25) is 5.88 Å². The molecule has 0 amide bonds. The van der Waals surface area contributed by atoms with E-state index in [2.05, 4.69) is 20.9 Å². The molecule has 0 saturated heterocycles. The van der Waals surface area contributed by atoms with Gasteiger partial charge in [-0.2, -0.15) is 0 Å². The molecule has 0 spiro atoms. The first-order chi connectivity index (χ1) is 7.75. The molecule has 1 heterocycles. The van der Waals surface area contributed by atoms with Crippen LogP contribution in [-0.2, 0) is 6.61 Å². The summed E-state index contributed by atoms with van der Waals surface area (Å²) in [6, 6.07) is 12.0. The summed E-state index contributed by atoms with van der Waals surface area (Å²) in [6.45, 7) is 2.54. The Labute approximate surface area is 103 Å². The molecule has 0 unspecified atom stereocenters. The number of pyridine rings is 1. The average molecular weight is 278 g/mol. The van der Waals surface area contributed by atoms with Gasteiger partial charge < -0.3 is 4.74 Å². The average Bonchev–Trinajstić information content (AvgIpc) is 2.29. The number of halogens is 1. The third kappa shape index (κ3) is 2.83. The Morgan fingerprint density at radius 2 is 2.00 bits per heavy atom. The minimum atomic E-state index is 0.537. The SMILES string of the molecule is Cc1cnc(OCc2ccccc2)c(Br)c1. The summed E-state index contributed by atoms with van der Waals surface area (Å²) in [6.07, 6.45) is 1.80. The van der Waals surface area contributed by atoms with Crippen LogP contribution >= 0.6 is 15.9 Å². The highest BCUT2D eigenvalue weighted by Crippen LogP contribution is 2.23. The second-order valence-corrected chi connectivity index (χ2v) is 4.43. The molecule has 0 saturated carbocycles. The molecule has 82 valence electrons. The molecular weight excluding hydrogens is 266 g/mol. The monoisotopic (exact) mass is 277 g/mol. The lowest BCUT2D eigenvalue weighted by atomic mass is 10.2. The predicted octanol–water partition coefficient (Wildman–Crippen LogP) is 3.73. The van der Waals surface area contributed by atoms with E-state index in [9.17, 15) is 0 Å². The molecule has 0 atom stereocenters. The lowest BCUT2D eigenvalue weighted by Crippen LogP contribution is -1.97. The quantitative estimate of drug-likeness (QED) is 0.853. The fourth-order valence-electron chi connectivity index (χ4n) is 1.35. The van der Waals surface area contributed by atoms with Crippen molar-refractivity contribution < 1.29 is 4.74 Å². The van der Waals surface area contributed by atoms with Crippen LogP contribution in [0.5, 0.6) is 5.88 Å². The van der Waals surface area contributed by atoms with Gasteiger partial charge in [0.05, 0.1) is 4.47 Å². The van der Waals surface area contributed by atoms with Crippen LogP contribution in [0.15, 0.2) is 47.1 Å². The van der Waals surface area contributed by atoms with Gasteiger partial charge in [0.15, 0.2) is 0 Å². The summed E-state index contributed by atoms with van der Waals surface area (Å²) >= 11 is 3.43. The van der Waals surface area contributed by atoms with Gasteiger partial charge >= 0.3 is 0 Å². The topological polar surface area (TPSA) is 22.1 Å². The van der Waals surface area contributed by atoms with Crippen LogP contribution in [0.25, 0.3) is 0 Å². The Bertz CT molecular complexity index is 471. The van der Waals surface area contributed by atoms with Crippen LogP contribution in [0.3, 0.4) is 0 Å². The first-order valence-electron chi connectivity index (χ1n) is 5.04. The number of rotatable bonds is 3. The molecule has 2 rings (SSSR count). The Hall–Kier alpha value is -1.35. The maximum atomic E-state index is 5.62. The van der Waals surface area contributed by atoms with Gasteiger partial charge in [-0.1, -0.05) is 30.3 Å². The van der Waals surface area contributed by atoms with Crippen molar-refractivity contribution in [1.29, 1.82) is 0 Å². The highest BCUT2D eigenvalue weighted by Gasteiger charge is 2.02. The van der Waals surface area contributed by atoms with Crippen LogP contribution in [0, 0.1) is 6.92 Å². The number of hydrogen-bond acceptors (Lipinski definition) is 2. The molecule has 3 heteroatoms. The van der Waals surface area contributed by atoms with E-state index in [1.807, 2.05) is 43.3 Å². The largest absolute Gasteiger partial charge is 0.472 e. The molecule has 0 radical (unpaired) electrons. The molecule has 1 aromatic heterocycles. The zero-order valence-electron chi connectivity index (χ0n) is 8.98. The molecule has 0 aliphatic rings. The van der Waals surface area contributed by atoms with Crippen LogP contribution in [0.1, 0.15) is 11.1 Å². The summed E-state index contributed by atoms with van der Waals surface area (Å²) in [5.74, 6) is 0.634. The summed E-state index contributed by atoms with van der Waals surface area (Å²) in [5, 5.41) is 0. The van der Waals surface area contributed by atoms with Crippen molar-refractivity contribution in [2.45, 2.75) is 13.5 Å². The smallest absolute Gasteiger partial charge is 0.228 e. The molecule has 0 aliphatic heterocycles. The molecule has 0 aliphatic carbocycles. The highest BCUT2D eigenvalue weighted by molar-refractivity contribution is 9.10. The maximum absolute atomic E-state index is 5.62. The van der Waals surface area contributed by atoms with Crippen LogP contribution in [-0.4, -0.2) is 4.98 Å². The number of hydrogen-bond donors (Lipinski definition) is 0. The van der Waals surface area contributed by atoms with Gasteiger partial charge in [-0.3, -0.25) is 0 Å². The fraction of sp³-hybridized carbons (Fsp3) is 0.154. The molecule has 1 aromatic carbocycles. The summed E-state index contributed by atoms with van der Waals surface area (Å²) in [7, 11) is 0. The van der Waals surface area contributed by atoms with Crippen molar-refractivity contribution in [2.75, 3.05) is 0 Å². The van der Waals surface area contributed by atoms with Crippen LogP contribution < -0.4 is 4.74 Å². The van der Waals surface area contributed by atoms with Crippen molar-refractivity contribution in [3.05, 3.63) is 58.2 Å². The second kappa shape index (κ2) is 5.12. The van der Waals surface area contributed by atoms with Crippen molar-refractivity contribution in [1.82, 2.24) is 4.98 Å². The number of aromatic nitrogens is 1. The van der Waals surface area contributed by atoms with Gasteiger partial charge in [-0.25, -0.2) is 4.98 Å². The van der Waals surface area contributed by atoms with E-state index in [1.54, 1.807) is 6.20 Å². The van der Waals surface area contributed by atoms with Crippen LogP contribution in [0.2, 0.25) is 0 Å². The van der Waals surface area contributed by atoms with Gasteiger partial charge in [-0.15, -0.1) is 0 Å². The zero-order valence-corrected chi connectivity index (χ0v) is 10.6. The van der Waals surface area contributed by atoms with E-state index in [0.717, 1.165) is 15.6 Å². The van der Waals surface area contributed by atoms with Crippen molar-refractivity contribution >= 4 is 15.9 Å². The van der Waals surface area contributed by atoms with Gasteiger partial charge in [-0.05, 0) is 40.0 Å². The molecule has 2 nitrogen and oxygen atoms in total. The van der Waals surface area contributed by atoms with Crippen molar-refractivity contribution in [3.8, 4) is 5.88 Å². The third-order valence-corrected chi connectivity index (χ3v) is 2.73. The number of benzene rings is 1. The number of nitrogens with zero attached hydrogens (tertiary/aromatic N) is 1. The lowest BCUT2D eigenvalue weighted by molar-refractivity contribution is 0.291. The number of ether oxygens (including phenoxy) is 1. The summed E-state index contributed by atoms with van der Waals surface area (Å²) in [4.78, 5) is 4.22. The van der Waals surface area contributed by atoms with Crippen molar-refractivity contribution in [2.24, 2.45) is 0 Å². The van der Waals surface area contributed by atoms with Gasteiger partial charge in [0.1, 0.15) is 6.61 Å². The molecule has 16 heavy (non-hydrogen) atoms. The summed E-state index contributed by atoms with van der Waals surface area (Å²) in [5.41, 5.74) is 2.25. The normalized spacial score (nSPS) is 10.1. The minimum absolute atomic E-state index is 0.537. The van der Waals surface area contributed by atoms with E-state index in [4.69, 9.17) is 4.74 Å². The molecule has 0 fully saturated rings. The maximum Gasteiger partial charge on any atom is 0.228 e. The lowest BCUT2D eigenvalue weighted by Gasteiger charge is -2.07. The van der Waals surface area contributed by atoms with E-state index in [1.165, 1.54) is 0 Å². The standard InChI is InChI=1S/C13H12BrNO/c1-10-7-12(14)13(15-8-10)16-9-11-5-3-2-4-6-11/h2-8H,9H2,1H3. The number of aryl methyl sites for hydroxylation is 1. The van der Waals surface area contributed by atoms with E-state index >= 15 is 0 Å². The fourth-order valence-corrected chi connectivity index (χ4v) is 1.93. The molecule has 0 N–H and O–H groups in total. The van der Waals surface area contributed by atoms with E-state index in [-0.39, 0.29) is 0 Å². The Morgan fingerprint density at radius 1 is 1.25 bits per heavy atom. The molecular formula is C13H12BrNO. The van der Waals surface area contributed by atoms with Gasteiger partial charge in [0, 0.05) is 6.20 Å². The van der Waals surface area contributed by atoms with E-state index in [0.29, 0.717) is 12.5 Å². The Balaban J connectivity index is 2.05. The molecule has 0 bridgehead atoms. The first kappa shape index (κ1) is 11.1. The predicted molar refractivity (Wildman–Crippen MR) is 67.4 cm³/mol. The highest BCUT2D eigenvalue weighted by atomic mass is 79.9. The summed E-state index contributed by atoms with van der Waals surface area (Å²) < 4.78 is 6.51. The Kier molecular flexibility index (Phi) is 3.57. The second-order valence-electron chi connectivity index (χ2n) is 3.57.